The van der Waals surface area contributed by atoms with Crippen LogP contribution < -0.4 is 5.73 Å². The molecule has 2 rings (SSSR count). The van der Waals surface area contributed by atoms with E-state index in [1.54, 1.807) is 11.6 Å². The van der Waals surface area contributed by atoms with Gasteiger partial charge in [0.25, 0.3) is 0 Å². The van der Waals surface area contributed by atoms with Crippen molar-refractivity contribution in [3.63, 3.8) is 0 Å². The minimum absolute atomic E-state index is 1.03. The van der Waals surface area contributed by atoms with E-state index in [2.05, 4.69) is 82.0 Å². The molecular weight excluding hydrogens is 394 g/mol. The molecule has 1 aliphatic rings. The van der Waals surface area contributed by atoms with Crippen molar-refractivity contribution < 1.29 is 0 Å². The molecule has 0 radical (unpaired) electrons. The molecule has 0 saturated heterocycles. The van der Waals surface area contributed by atoms with Gasteiger partial charge in [-0.3, -0.25) is 0 Å². The number of nitrogens with two attached hydrogens (primary N) is 1. The van der Waals surface area contributed by atoms with Gasteiger partial charge in [0.1, 0.15) is 0 Å². The SMILES string of the molecule is CC.CC.CC=CS.CCC.CCC(/C=C\N)=C/CC1=CC(c2ccccc2)=CCC1. The summed E-state index contributed by atoms with van der Waals surface area (Å²) in [5, 5.41) is 1.69. The van der Waals surface area contributed by atoms with Crippen LogP contribution >= 0.6 is 12.6 Å². The van der Waals surface area contributed by atoms with E-state index in [1.807, 2.05) is 46.8 Å². The van der Waals surface area contributed by atoms with Crippen molar-refractivity contribution in [3.05, 3.63) is 89.0 Å². The Kier molecular flexibility index (Phi) is 30.5. The van der Waals surface area contributed by atoms with Crippen LogP contribution in [0.1, 0.15) is 93.1 Å². The summed E-state index contributed by atoms with van der Waals surface area (Å²) in [6.45, 7) is 16.3. The minimum Gasteiger partial charge on any atom is -0.405 e. The van der Waals surface area contributed by atoms with Gasteiger partial charge in [0.05, 0.1) is 0 Å². The summed E-state index contributed by atoms with van der Waals surface area (Å²) in [4.78, 5) is 0. The van der Waals surface area contributed by atoms with Crippen molar-refractivity contribution in [2.75, 3.05) is 0 Å². The van der Waals surface area contributed by atoms with Gasteiger partial charge in [0.15, 0.2) is 0 Å². The van der Waals surface area contributed by atoms with Crippen LogP contribution in [0.15, 0.2) is 83.5 Å². The van der Waals surface area contributed by atoms with Gasteiger partial charge in [-0.05, 0) is 61.4 Å². The van der Waals surface area contributed by atoms with Crippen LogP contribution in [-0.4, -0.2) is 0 Å². The molecule has 0 fully saturated rings. The molecule has 1 aromatic rings. The first-order valence-corrected chi connectivity index (χ1v) is 12.5. The van der Waals surface area contributed by atoms with E-state index in [4.69, 9.17) is 5.73 Å². The van der Waals surface area contributed by atoms with Gasteiger partial charge < -0.3 is 5.73 Å². The van der Waals surface area contributed by atoms with Crippen LogP contribution in [0, 0.1) is 0 Å². The van der Waals surface area contributed by atoms with Crippen LogP contribution in [0.4, 0.5) is 0 Å². The maximum Gasteiger partial charge on any atom is -0.00597 e. The van der Waals surface area contributed by atoms with E-state index in [9.17, 15) is 0 Å². The van der Waals surface area contributed by atoms with Gasteiger partial charge in [0, 0.05) is 0 Å². The highest BCUT2D eigenvalue weighted by atomic mass is 32.1. The number of thiol groups is 1. The fourth-order valence-electron chi connectivity index (χ4n) is 2.47. The van der Waals surface area contributed by atoms with Crippen molar-refractivity contribution in [1.29, 1.82) is 0 Å². The second-order valence-electron chi connectivity index (χ2n) is 6.25. The highest BCUT2D eigenvalue weighted by Crippen LogP contribution is 2.27. The normalized spacial score (nSPS) is 12.6. The molecule has 176 valence electrons. The Balaban J connectivity index is -0.000000605. The Morgan fingerprint density at radius 3 is 2.03 bits per heavy atom. The summed E-state index contributed by atoms with van der Waals surface area (Å²) in [6, 6.07) is 10.6. The molecule has 0 saturated carbocycles. The van der Waals surface area contributed by atoms with Crippen LogP contribution in [0.2, 0.25) is 0 Å². The first-order chi connectivity index (χ1) is 15.2. The number of rotatable bonds is 5. The Morgan fingerprint density at radius 2 is 1.58 bits per heavy atom. The average molecular weight is 444 g/mol. The second-order valence-corrected chi connectivity index (χ2v) is 6.55. The molecule has 0 atom stereocenters. The van der Waals surface area contributed by atoms with Gasteiger partial charge in [-0.2, -0.15) is 12.6 Å². The topological polar surface area (TPSA) is 26.0 Å². The van der Waals surface area contributed by atoms with Crippen molar-refractivity contribution >= 4 is 18.2 Å². The zero-order valence-electron chi connectivity index (χ0n) is 21.5. The van der Waals surface area contributed by atoms with E-state index in [1.165, 1.54) is 28.7 Å². The Hall–Kier alpha value is -1.93. The van der Waals surface area contributed by atoms with Gasteiger partial charge in [-0.1, -0.05) is 121 Å². The third-order valence-corrected chi connectivity index (χ3v) is 4.09. The van der Waals surface area contributed by atoms with Crippen LogP contribution in [0.25, 0.3) is 5.57 Å². The number of hydrogen-bond donors (Lipinski definition) is 2. The molecule has 1 aromatic carbocycles. The summed E-state index contributed by atoms with van der Waals surface area (Å²) in [7, 11) is 0. The lowest BCUT2D eigenvalue weighted by Gasteiger charge is -2.13. The van der Waals surface area contributed by atoms with Crippen LogP contribution in [0.3, 0.4) is 0 Å². The first kappa shape index (κ1) is 33.7. The maximum absolute atomic E-state index is 5.47. The number of allylic oxidation sites excluding steroid dienone is 8. The molecule has 31 heavy (non-hydrogen) atoms. The van der Waals surface area contributed by atoms with Crippen LogP contribution in [0.5, 0.6) is 0 Å². The molecule has 0 amide bonds. The van der Waals surface area contributed by atoms with Gasteiger partial charge in [0.2, 0.25) is 0 Å². The molecular formula is C29H49NS. The van der Waals surface area contributed by atoms with E-state index in [-0.39, 0.29) is 0 Å². The van der Waals surface area contributed by atoms with E-state index in [0.717, 1.165) is 25.7 Å². The molecule has 2 heteroatoms. The van der Waals surface area contributed by atoms with Crippen molar-refractivity contribution in [2.24, 2.45) is 5.73 Å². The first-order valence-electron chi connectivity index (χ1n) is 11.9. The molecule has 1 nitrogen and oxygen atoms in total. The molecule has 0 bridgehead atoms. The Labute approximate surface area is 200 Å². The standard InChI is InChI=1S/C19H23N.C3H6S.C3H8.2C2H6/c1-2-16(13-14-20)11-12-17-7-6-10-19(15-17)18-8-4-3-5-9-18;1-2-3-4;1-3-2;2*1-2/h3-5,8-11,13-15H,2,6-7,12,20H2,1H3;2-4H,1H3;3H2,1-2H3;2*1-2H3/b14-13-,16-11-;;;;. The highest BCUT2D eigenvalue weighted by molar-refractivity contribution is 7.83. The predicted molar refractivity (Wildman–Crippen MR) is 151 cm³/mol. The van der Waals surface area contributed by atoms with Gasteiger partial charge in [-0.15, -0.1) is 0 Å². The summed E-state index contributed by atoms with van der Waals surface area (Å²) < 4.78 is 0. The summed E-state index contributed by atoms with van der Waals surface area (Å²) in [6.07, 6.45) is 18.1. The lowest BCUT2D eigenvalue weighted by atomic mass is 9.92. The van der Waals surface area contributed by atoms with Gasteiger partial charge in [-0.25, -0.2) is 0 Å². The van der Waals surface area contributed by atoms with E-state index in [0.29, 0.717) is 0 Å². The quantitative estimate of drug-likeness (QED) is 0.343. The molecule has 0 heterocycles. The van der Waals surface area contributed by atoms with Crippen molar-refractivity contribution in [2.45, 2.75) is 87.5 Å². The number of benzene rings is 1. The molecule has 2 N–H and O–H groups in total. The summed E-state index contributed by atoms with van der Waals surface area (Å²) in [5.74, 6) is 0. The predicted octanol–water partition coefficient (Wildman–Crippen LogP) is 9.91. The fraction of sp³-hybridized carbons (Fsp3) is 0.448. The monoisotopic (exact) mass is 443 g/mol. The van der Waals surface area contributed by atoms with E-state index >= 15 is 0 Å². The zero-order chi connectivity index (χ0) is 24.3. The molecule has 0 aromatic heterocycles. The minimum atomic E-state index is 1.03. The molecule has 1 aliphatic carbocycles. The molecule has 0 unspecified atom stereocenters. The Morgan fingerprint density at radius 1 is 1.03 bits per heavy atom. The smallest absolute Gasteiger partial charge is 0.00597 e. The molecule has 0 spiro atoms. The maximum atomic E-state index is 5.47. The lowest BCUT2D eigenvalue weighted by Crippen LogP contribution is -1.92. The lowest BCUT2D eigenvalue weighted by molar-refractivity contribution is 0.923. The Bertz CT molecular complexity index is 630. The largest absolute Gasteiger partial charge is 0.405 e. The van der Waals surface area contributed by atoms with Crippen LogP contribution in [-0.2, 0) is 0 Å². The summed E-state index contributed by atoms with van der Waals surface area (Å²) >= 11 is 3.74. The van der Waals surface area contributed by atoms with Crippen molar-refractivity contribution in [3.8, 4) is 0 Å². The summed E-state index contributed by atoms with van der Waals surface area (Å²) in [5.41, 5.74) is 10.9. The average Bonchev–Trinajstić information content (AvgIpc) is 2.85. The third-order valence-electron chi connectivity index (χ3n) is 3.79. The van der Waals surface area contributed by atoms with Crippen molar-refractivity contribution in [1.82, 2.24) is 0 Å². The third kappa shape index (κ3) is 19.8. The van der Waals surface area contributed by atoms with E-state index < -0.39 is 0 Å². The number of hydrogen-bond acceptors (Lipinski definition) is 2. The fourth-order valence-corrected chi connectivity index (χ4v) is 2.47. The highest BCUT2D eigenvalue weighted by Gasteiger charge is 2.06. The molecule has 0 aliphatic heterocycles. The zero-order valence-corrected chi connectivity index (χ0v) is 22.4. The second kappa shape index (κ2) is 28.1. The van der Waals surface area contributed by atoms with Gasteiger partial charge >= 0.3 is 0 Å².